The van der Waals surface area contributed by atoms with E-state index < -0.39 is 10.0 Å². The molecule has 0 aliphatic heterocycles. The zero-order valence-electron chi connectivity index (χ0n) is 12.0. The Bertz CT molecular complexity index is 553. The standard InChI is InChI=1S/C13H21N3O2S2/c1-10(16(2)3)8-15-20(17,18)9-11-4-6-12(7-5-11)13(14)19/h4-7,10,15H,8-9H2,1-3H3,(H2,14,19). The quantitative estimate of drug-likeness (QED) is 0.724. The van der Waals surface area contributed by atoms with Crippen LogP contribution in [0.25, 0.3) is 0 Å². The van der Waals surface area contributed by atoms with Gasteiger partial charge in [-0.15, -0.1) is 0 Å². The molecule has 0 fully saturated rings. The van der Waals surface area contributed by atoms with Crippen molar-refractivity contribution >= 4 is 27.2 Å². The first-order chi connectivity index (χ1) is 9.21. The van der Waals surface area contributed by atoms with Crippen LogP contribution in [-0.2, 0) is 15.8 Å². The Morgan fingerprint density at radius 1 is 1.35 bits per heavy atom. The van der Waals surface area contributed by atoms with Crippen molar-refractivity contribution in [3.8, 4) is 0 Å². The Morgan fingerprint density at radius 2 is 1.90 bits per heavy atom. The molecule has 0 saturated heterocycles. The van der Waals surface area contributed by atoms with Gasteiger partial charge in [0, 0.05) is 18.2 Å². The number of nitrogens with one attached hydrogen (secondary N) is 1. The Morgan fingerprint density at radius 3 is 2.35 bits per heavy atom. The molecular formula is C13H21N3O2S2. The molecule has 1 aromatic carbocycles. The highest BCUT2D eigenvalue weighted by molar-refractivity contribution is 7.88. The second-order valence-electron chi connectivity index (χ2n) is 4.98. The lowest BCUT2D eigenvalue weighted by molar-refractivity contribution is 0.314. The minimum absolute atomic E-state index is 0.0508. The monoisotopic (exact) mass is 315 g/mol. The third-order valence-corrected chi connectivity index (χ3v) is 4.63. The summed E-state index contributed by atoms with van der Waals surface area (Å²) in [5.41, 5.74) is 6.93. The molecule has 1 aromatic rings. The van der Waals surface area contributed by atoms with Gasteiger partial charge in [0.1, 0.15) is 4.99 Å². The minimum Gasteiger partial charge on any atom is -0.389 e. The molecule has 7 heteroatoms. The second kappa shape index (κ2) is 7.12. The summed E-state index contributed by atoms with van der Waals surface area (Å²) >= 11 is 4.85. The van der Waals surface area contributed by atoms with E-state index in [0.29, 0.717) is 17.1 Å². The molecule has 0 radical (unpaired) electrons. The van der Waals surface area contributed by atoms with E-state index in [9.17, 15) is 8.42 Å². The van der Waals surface area contributed by atoms with Gasteiger partial charge < -0.3 is 10.6 Å². The Balaban J connectivity index is 2.64. The van der Waals surface area contributed by atoms with Crippen LogP contribution >= 0.6 is 12.2 Å². The van der Waals surface area contributed by atoms with Crippen LogP contribution in [-0.4, -0.2) is 45.0 Å². The van der Waals surface area contributed by atoms with E-state index in [0.717, 1.165) is 5.56 Å². The van der Waals surface area contributed by atoms with Crippen LogP contribution in [0.15, 0.2) is 24.3 Å². The Hall–Kier alpha value is -1.02. The zero-order chi connectivity index (χ0) is 15.3. The van der Waals surface area contributed by atoms with E-state index in [4.69, 9.17) is 18.0 Å². The lowest BCUT2D eigenvalue weighted by Gasteiger charge is -2.20. The Kier molecular flexibility index (Phi) is 6.07. The highest BCUT2D eigenvalue weighted by atomic mass is 32.2. The molecule has 0 aromatic heterocycles. The van der Waals surface area contributed by atoms with Crippen molar-refractivity contribution in [2.75, 3.05) is 20.6 Å². The van der Waals surface area contributed by atoms with Crippen LogP contribution in [0.3, 0.4) is 0 Å². The number of rotatable bonds is 7. The Labute approximate surface area is 126 Å². The third-order valence-electron chi connectivity index (χ3n) is 3.08. The number of nitrogens with zero attached hydrogens (tertiary/aromatic N) is 1. The van der Waals surface area contributed by atoms with Gasteiger partial charge in [-0.1, -0.05) is 36.5 Å². The largest absolute Gasteiger partial charge is 0.389 e. The molecule has 0 heterocycles. The molecule has 0 aliphatic carbocycles. The van der Waals surface area contributed by atoms with Gasteiger partial charge in [0.25, 0.3) is 0 Å². The molecule has 112 valence electrons. The topological polar surface area (TPSA) is 75.4 Å². The molecular weight excluding hydrogens is 294 g/mol. The van der Waals surface area contributed by atoms with E-state index in [-0.39, 0.29) is 11.8 Å². The average Bonchev–Trinajstić information content (AvgIpc) is 2.36. The zero-order valence-corrected chi connectivity index (χ0v) is 13.6. The minimum atomic E-state index is -3.34. The number of benzene rings is 1. The van der Waals surface area contributed by atoms with Gasteiger partial charge in [0.2, 0.25) is 10.0 Å². The van der Waals surface area contributed by atoms with Gasteiger partial charge >= 0.3 is 0 Å². The predicted octanol–water partition coefficient (Wildman–Crippen LogP) is 0.690. The molecule has 1 unspecified atom stereocenters. The summed E-state index contributed by atoms with van der Waals surface area (Å²) in [6, 6.07) is 7.05. The molecule has 0 saturated carbocycles. The summed E-state index contributed by atoms with van der Waals surface area (Å²) in [5.74, 6) is -0.0508. The highest BCUT2D eigenvalue weighted by Gasteiger charge is 2.14. The molecule has 0 bridgehead atoms. The fourth-order valence-corrected chi connectivity index (χ4v) is 2.83. The number of hydrogen-bond acceptors (Lipinski definition) is 4. The third kappa shape index (κ3) is 5.54. The van der Waals surface area contributed by atoms with Crippen LogP contribution in [0, 0.1) is 0 Å². The van der Waals surface area contributed by atoms with Crippen molar-refractivity contribution in [2.24, 2.45) is 5.73 Å². The molecule has 20 heavy (non-hydrogen) atoms. The molecule has 0 spiro atoms. The van der Waals surface area contributed by atoms with Crippen molar-refractivity contribution in [2.45, 2.75) is 18.7 Å². The van der Waals surface area contributed by atoms with Gasteiger partial charge in [-0.3, -0.25) is 0 Å². The fraction of sp³-hybridized carbons (Fsp3) is 0.462. The highest BCUT2D eigenvalue weighted by Crippen LogP contribution is 2.08. The normalized spacial score (nSPS) is 13.4. The number of sulfonamides is 1. The fourth-order valence-electron chi connectivity index (χ4n) is 1.47. The first-order valence-electron chi connectivity index (χ1n) is 6.24. The van der Waals surface area contributed by atoms with Crippen molar-refractivity contribution in [1.82, 2.24) is 9.62 Å². The van der Waals surface area contributed by atoms with E-state index in [2.05, 4.69) is 4.72 Å². The second-order valence-corrected chi connectivity index (χ2v) is 7.23. The lowest BCUT2D eigenvalue weighted by Crippen LogP contribution is -2.38. The van der Waals surface area contributed by atoms with Gasteiger partial charge in [0.05, 0.1) is 5.75 Å². The van der Waals surface area contributed by atoms with Crippen LogP contribution in [0.5, 0.6) is 0 Å². The molecule has 1 rings (SSSR count). The van der Waals surface area contributed by atoms with Crippen molar-refractivity contribution in [3.63, 3.8) is 0 Å². The maximum Gasteiger partial charge on any atom is 0.215 e. The van der Waals surface area contributed by atoms with Gasteiger partial charge in [-0.25, -0.2) is 13.1 Å². The summed E-state index contributed by atoms with van der Waals surface area (Å²) < 4.78 is 26.5. The lowest BCUT2D eigenvalue weighted by atomic mass is 10.1. The van der Waals surface area contributed by atoms with Gasteiger partial charge in [-0.2, -0.15) is 0 Å². The smallest absolute Gasteiger partial charge is 0.215 e. The van der Waals surface area contributed by atoms with E-state index in [1.165, 1.54) is 0 Å². The first-order valence-corrected chi connectivity index (χ1v) is 8.30. The summed E-state index contributed by atoms with van der Waals surface area (Å²) in [6.45, 7) is 2.35. The van der Waals surface area contributed by atoms with Crippen molar-refractivity contribution in [3.05, 3.63) is 35.4 Å². The maximum absolute atomic E-state index is 12.0. The van der Waals surface area contributed by atoms with Gasteiger partial charge in [0.15, 0.2) is 0 Å². The first kappa shape index (κ1) is 17.0. The summed E-state index contributed by atoms with van der Waals surface area (Å²) in [4.78, 5) is 2.26. The van der Waals surface area contributed by atoms with Crippen LogP contribution < -0.4 is 10.5 Å². The molecule has 3 N–H and O–H groups in total. The van der Waals surface area contributed by atoms with Crippen LogP contribution in [0.1, 0.15) is 18.1 Å². The van der Waals surface area contributed by atoms with Crippen LogP contribution in [0.2, 0.25) is 0 Å². The molecule has 0 amide bonds. The molecule has 0 aliphatic rings. The number of thiocarbonyl (C=S) groups is 1. The SMILES string of the molecule is CC(CNS(=O)(=O)Cc1ccc(C(N)=S)cc1)N(C)C. The summed E-state index contributed by atoms with van der Waals surface area (Å²) in [6.07, 6.45) is 0. The number of likely N-dealkylation sites (N-methyl/N-ethyl adjacent to an activating group) is 1. The van der Waals surface area contributed by atoms with E-state index in [1.54, 1.807) is 24.3 Å². The number of nitrogens with two attached hydrogens (primary N) is 1. The van der Waals surface area contributed by atoms with Crippen LogP contribution in [0.4, 0.5) is 0 Å². The van der Waals surface area contributed by atoms with E-state index in [1.807, 2.05) is 25.9 Å². The molecule has 1 atom stereocenters. The number of hydrogen-bond donors (Lipinski definition) is 2. The average molecular weight is 315 g/mol. The summed E-state index contributed by atoms with van der Waals surface area (Å²) in [7, 11) is 0.483. The van der Waals surface area contributed by atoms with Gasteiger partial charge in [-0.05, 0) is 26.6 Å². The maximum atomic E-state index is 12.0. The van der Waals surface area contributed by atoms with Crippen molar-refractivity contribution in [1.29, 1.82) is 0 Å². The van der Waals surface area contributed by atoms with E-state index >= 15 is 0 Å². The van der Waals surface area contributed by atoms with Crippen molar-refractivity contribution < 1.29 is 8.42 Å². The predicted molar refractivity (Wildman–Crippen MR) is 86.1 cm³/mol. The molecule has 5 nitrogen and oxygen atoms in total. The summed E-state index contributed by atoms with van der Waals surface area (Å²) in [5, 5.41) is 0.